The van der Waals surface area contributed by atoms with Gasteiger partial charge in [0.25, 0.3) is 0 Å². The van der Waals surface area contributed by atoms with Crippen molar-refractivity contribution in [2.75, 3.05) is 5.88 Å². The van der Waals surface area contributed by atoms with Crippen LogP contribution in [0.4, 0.5) is 0 Å². The molecule has 1 rings (SSSR count). The van der Waals surface area contributed by atoms with Crippen LogP contribution in [0.5, 0.6) is 0 Å². The van der Waals surface area contributed by atoms with Crippen LogP contribution in [-0.4, -0.2) is 11.7 Å². The molecular weight excluding hydrogens is 136 g/mol. The number of rotatable bonds is 1. The normalized spacial score (nSPS) is 19.6. The molecule has 0 saturated heterocycles. The number of hydrogen-bond donors (Lipinski definition) is 0. The lowest BCUT2D eigenvalue weighted by atomic mass is 10.2. The lowest BCUT2D eigenvalue weighted by Crippen LogP contribution is -1.90. The van der Waals surface area contributed by atoms with E-state index in [1.165, 1.54) is 0 Å². The molecule has 0 unspecified atom stereocenters. The first-order chi connectivity index (χ1) is 4.25. The Morgan fingerprint density at radius 1 is 1.56 bits per heavy atom. The van der Waals surface area contributed by atoms with Gasteiger partial charge in [0, 0.05) is 12.3 Å². The Morgan fingerprint density at radius 3 is 2.44 bits per heavy atom. The van der Waals surface area contributed by atoms with E-state index in [4.69, 9.17) is 11.6 Å². The van der Waals surface area contributed by atoms with Gasteiger partial charge < -0.3 is 0 Å². The van der Waals surface area contributed by atoms with Crippen LogP contribution in [-0.2, 0) is 4.79 Å². The Morgan fingerprint density at radius 2 is 2.22 bits per heavy atom. The van der Waals surface area contributed by atoms with E-state index >= 15 is 0 Å². The number of alkyl halides is 1. The highest BCUT2D eigenvalue weighted by molar-refractivity contribution is 6.20. The number of hydrogen-bond acceptors (Lipinski definition) is 1. The average molecular weight is 145 g/mol. The minimum Gasteiger partial charge on any atom is -0.295 e. The van der Waals surface area contributed by atoms with E-state index in [1.807, 2.05) is 6.92 Å². The molecule has 50 valence electrons. The summed E-state index contributed by atoms with van der Waals surface area (Å²) < 4.78 is 0. The summed E-state index contributed by atoms with van der Waals surface area (Å²) in [5.41, 5.74) is 2.02. The summed E-state index contributed by atoms with van der Waals surface area (Å²) >= 11 is 5.56. The second kappa shape index (κ2) is 2.53. The third-order valence-electron chi connectivity index (χ3n) is 1.76. The lowest BCUT2D eigenvalue weighted by molar-refractivity contribution is -0.114. The molecule has 0 spiro atoms. The van der Waals surface area contributed by atoms with E-state index < -0.39 is 0 Å². The minimum atomic E-state index is 0.269. The molecular formula is C7H9ClO. The molecule has 0 amide bonds. The van der Waals surface area contributed by atoms with Gasteiger partial charge in [-0.1, -0.05) is 0 Å². The standard InChI is InChI=1S/C7H9ClO/c1-5-6(4-8)2-3-7(5)9/h2-4H2,1H3. The van der Waals surface area contributed by atoms with Crippen LogP contribution in [0.25, 0.3) is 0 Å². The van der Waals surface area contributed by atoms with E-state index in [2.05, 4.69) is 0 Å². The number of halogens is 1. The van der Waals surface area contributed by atoms with Crippen molar-refractivity contribution < 1.29 is 4.79 Å². The second-order valence-corrected chi connectivity index (χ2v) is 2.55. The predicted octanol–water partition coefficient (Wildman–Crippen LogP) is 1.90. The molecule has 0 radical (unpaired) electrons. The van der Waals surface area contributed by atoms with Gasteiger partial charge in [0.1, 0.15) is 0 Å². The van der Waals surface area contributed by atoms with Crippen LogP contribution < -0.4 is 0 Å². The molecule has 2 heteroatoms. The van der Waals surface area contributed by atoms with Crippen LogP contribution in [0.2, 0.25) is 0 Å². The Bertz CT molecular complexity index is 170. The van der Waals surface area contributed by atoms with Crippen LogP contribution in [0.15, 0.2) is 11.1 Å². The molecule has 0 aromatic heterocycles. The molecule has 0 aromatic rings. The maximum atomic E-state index is 10.8. The quantitative estimate of drug-likeness (QED) is 0.514. The highest BCUT2D eigenvalue weighted by Crippen LogP contribution is 2.22. The Labute approximate surface area is 59.7 Å². The zero-order valence-corrected chi connectivity index (χ0v) is 6.16. The number of Topliss-reactive ketones (excluding diaryl/α,β-unsaturated/α-hetero) is 1. The summed E-state index contributed by atoms with van der Waals surface area (Å²) in [5.74, 6) is 0.794. The van der Waals surface area contributed by atoms with Gasteiger partial charge in [-0.2, -0.15) is 0 Å². The first-order valence-corrected chi connectivity index (χ1v) is 3.57. The molecule has 0 atom stereocenters. The van der Waals surface area contributed by atoms with Gasteiger partial charge in [-0.3, -0.25) is 4.79 Å². The third kappa shape index (κ3) is 1.16. The summed E-state index contributed by atoms with van der Waals surface area (Å²) in [5, 5.41) is 0. The topological polar surface area (TPSA) is 17.1 Å². The van der Waals surface area contributed by atoms with Gasteiger partial charge in [0.05, 0.1) is 0 Å². The van der Waals surface area contributed by atoms with Crippen LogP contribution in [0.3, 0.4) is 0 Å². The molecule has 0 heterocycles. The van der Waals surface area contributed by atoms with E-state index in [9.17, 15) is 4.79 Å². The van der Waals surface area contributed by atoms with Crippen molar-refractivity contribution in [3.63, 3.8) is 0 Å². The Kier molecular flexibility index (Phi) is 1.91. The lowest BCUT2D eigenvalue weighted by Gasteiger charge is -1.91. The van der Waals surface area contributed by atoms with Crippen molar-refractivity contribution in [1.82, 2.24) is 0 Å². The van der Waals surface area contributed by atoms with Crippen LogP contribution in [0, 0.1) is 0 Å². The van der Waals surface area contributed by atoms with Crippen LogP contribution >= 0.6 is 11.6 Å². The first-order valence-electron chi connectivity index (χ1n) is 3.03. The number of ketones is 1. The number of carbonyl (C=O) groups is 1. The van der Waals surface area contributed by atoms with E-state index in [0.29, 0.717) is 12.3 Å². The van der Waals surface area contributed by atoms with Crippen molar-refractivity contribution in [2.24, 2.45) is 0 Å². The summed E-state index contributed by atoms with van der Waals surface area (Å²) in [6.07, 6.45) is 1.56. The zero-order chi connectivity index (χ0) is 6.85. The Balaban J connectivity index is 2.79. The molecule has 0 aliphatic heterocycles. The van der Waals surface area contributed by atoms with Gasteiger partial charge in [0.2, 0.25) is 0 Å². The molecule has 1 aliphatic carbocycles. The summed E-state index contributed by atoms with van der Waals surface area (Å²) in [6, 6.07) is 0. The summed E-state index contributed by atoms with van der Waals surface area (Å²) in [4.78, 5) is 10.8. The largest absolute Gasteiger partial charge is 0.295 e. The first kappa shape index (κ1) is 6.81. The van der Waals surface area contributed by atoms with E-state index in [0.717, 1.165) is 17.6 Å². The summed E-state index contributed by atoms with van der Waals surface area (Å²) in [6.45, 7) is 1.85. The molecule has 1 aliphatic rings. The van der Waals surface area contributed by atoms with Crippen molar-refractivity contribution >= 4 is 17.4 Å². The smallest absolute Gasteiger partial charge is 0.158 e. The summed E-state index contributed by atoms with van der Waals surface area (Å²) in [7, 11) is 0. The maximum Gasteiger partial charge on any atom is 0.158 e. The second-order valence-electron chi connectivity index (χ2n) is 2.29. The highest BCUT2D eigenvalue weighted by Gasteiger charge is 2.17. The fraction of sp³-hybridized carbons (Fsp3) is 0.571. The fourth-order valence-corrected chi connectivity index (χ4v) is 1.34. The zero-order valence-electron chi connectivity index (χ0n) is 5.41. The predicted molar refractivity (Wildman–Crippen MR) is 37.7 cm³/mol. The molecule has 1 nitrogen and oxygen atoms in total. The monoisotopic (exact) mass is 144 g/mol. The van der Waals surface area contributed by atoms with Gasteiger partial charge in [0.15, 0.2) is 5.78 Å². The molecule has 0 saturated carbocycles. The number of allylic oxidation sites excluding steroid dienone is 2. The van der Waals surface area contributed by atoms with Gasteiger partial charge in [-0.15, -0.1) is 11.6 Å². The van der Waals surface area contributed by atoms with Crippen molar-refractivity contribution in [3.8, 4) is 0 Å². The average Bonchev–Trinajstić information content (AvgIpc) is 2.15. The van der Waals surface area contributed by atoms with Crippen molar-refractivity contribution in [3.05, 3.63) is 11.1 Å². The van der Waals surface area contributed by atoms with Gasteiger partial charge >= 0.3 is 0 Å². The SMILES string of the molecule is CC1=C(CCl)CCC1=O. The highest BCUT2D eigenvalue weighted by atomic mass is 35.5. The molecule has 0 bridgehead atoms. The molecule has 0 N–H and O–H groups in total. The van der Waals surface area contributed by atoms with Crippen molar-refractivity contribution in [2.45, 2.75) is 19.8 Å². The van der Waals surface area contributed by atoms with Crippen molar-refractivity contribution in [1.29, 1.82) is 0 Å². The van der Waals surface area contributed by atoms with E-state index in [-0.39, 0.29) is 5.78 Å². The molecule has 0 fully saturated rings. The fourth-order valence-electron chi connectivity index (χ4n) is 1.00. The third-order valence-corrected chi connectivity index (χ3v) is 2.09. The molecule has 9 heavy (non-hydrogen) atoms. The van der Waals surface area contributed by atoms with E-state index in [1.54, 1.807) is 0 Å². The van der Waals surface area contributed by atoms with Gasteiger partial charge in [-0.25, -0.2) is 0 Å². The number of carbonyl (C=O) groups excluding carboxylic acids is 1. The van der Waals surface area contributed by atoms with Crippen LogP contribution in [0.1, 0.15) is 19.8 Å². The maximum absolute atomic E-state index is 10.8. The minimum absolute atomic E-state index is 0.269. The van der Waals surface area contributed by atoms with Gasteiger partial charge in [-0.05, 0) is 24.5 Å². The molecule has 0 aromatic carbocycles. The Hall–Kier alpha value is -0.300.